The average molecular weight is 318 g/mol. The molecule has 0 aliphatic rings. The number of hydrogen-bond donors (Lipinski definition) is 2. The van der Waals surface area contributed by atoms with Crippen molar-refractivity contribution in [3.05, 3.63) is 47.9 Å². The minimum Gasteiger partial charge on any atom is -0.497 e. The van der Waals surface area contributed by atoms with Crippen LogP contribution in [0.1, 0.15) is 19.5 Å². The third kappa shape index (κ3) is 4.50. The molecule has 0 aliphatic carbocycles. The molecule has 1 aromatic heterocycles. The second-order valence-electron chi connectivity index (χ2n) is 5.77. The number of ether oxygens (including phenoxy) is 1. The summed E-state index contributed by atoms with van der Waals surface area (Å²) in [7, 11) is 1.60. The van der Waals surface area contributed by atoms with Crippen LogP contribution in [0.25, 0.3) is 11.3 Å². The van der Waals surface area contributed by atoms with Crippen LogP contribution in [-0.2, 0) is 6.54 Å². The highest BCUT2D eigenvalue weighted by Crippen LogP contribution is 2.23. The van der Waals surface area contributed by atoms with Gasteiger partial charge in [0.05, 0.1) is 25.1 Å². The Hall–Kier alpha value is -1.98. The van der Waals surface area contributed by atoms with Crippen LogP contribution in [0.15, 0.2) is 36.4 Å². The monoisotopic (exact) mass is 318 g/mol. The Labute approximate surface area is 136 Å². The Morgan fingerprint density at radius 3 is 2.70 bits per heavy atom. The number of methoxy groups -OCH3 is 1. The number of aliphatic hydroxyl groups is 1. The summed E-state index contributed by atoms with van der Waals surface area (Å²) < 4.78 is 19.2. The van der Waals surface area contributed by atoms with E-state index in [9.17, 15) is 9.50 Å². The summed E-state index contributed by atoms with van der Waals surface area (Å²) in [6, 6.07) is 10.5. The van der Waals surface area contributed by atoms with Crippen LogP contribution in [0.2, 0.25) is 0 Å². The number of hydrogen-bond acceptors (Lipinski definition) is 4. The van der Waals surface area contributed by atoms with Gasteiger partial charge in [-0.15, -0.1) is 0 Å². The lowest BCUT2D eigenvalue weighted by Crippen LogP contribution is -2.36. The topological polar surface area (TPSA) is 54.4 Å². The zero-order chi connectivity index (χ0) is 16.8. The van der Waals surface area contributed by atoms with E-state index in [-0.39, 0.29) is 30.9 Å². The molecule has 0 spiro atoms. The lowest BCUT2D eigenvalue weighted by atomic mass is 10.1. The van der Waals surface area contributed by atoms with Gasteiger partial charge in [0.25, 0.3) is 0 Å². The fourth-order valence-electron chi connectivity index (χ4n) is 2.29. The predicted octanol–water partition coefficient (Wildman–Crippen LogP) is 3.00. The van der Waals surface area contributed by atoms with Gasteiger partial charge in [0.2, 0.25) is 0 Å². The molecule has 4 nitrogen and oxygen atoms in total. The van der Waals surface area contributed by atoms with Gasteiger partial charge in [0.15, 0.2) is 0 Å². The van der Waals surface area contributed by atoms with Crippen molar-refractivity contribution in [2.24, 2.45) is 5.92 Å². The summed E-state index contributed by atoms with van der Waals surface area (Å²) in [5, 5.41) is 12.5. The molecule has 0 bridgehead atoms. The summed E-state index contributed by atoms with van der Waals surface area (Å²) in [4.78, 5) is 4.41. The molecule has 2 aromatic rings. The maximum Gasteiger partial charge on any atom is 0.146 e. The summed E-state index contributed by atoms with van der Waals surface area (Å²) >= 11 is 0. The molecule has 0 aliphatic heterocycles. The molecule has 1 atom stereocenters. The summed E-state index contributed by atoms with van der Waals surface area (Å²) in [5.74, 6) is 0.627. The van der Waals surface area contributed by atoms with E-state index < -0.39 is 0 Å². The molecular formula is C18H23FN2O2. The normalized spacial score (nSPS) is 12.4. The van der Waals surface area contributed by atoms with Gasteiger partial charge in [-0.05, 0) is 30.2 Å². The largest absolute Gasteiger partial charge is 0.497 e. The van der Waals surface area contributed by atoms with Gasteiger partial charge in [-0.3, -0.25) is 0 Å². The van der Waals surface area contributed by atoms with Crippen molar-refractivity contribution in [3.8, 4) is 17.0 Å². The smallest absolute Gasteiger partial charge is 0.146 e. The van der Waals surface area contributed by atoms with Gasteiger partial charge < -0.3 is 15.2 Å². The van der Waals surface area contributed by atoms with Crippen LogP contribution in [0.3, 0.4) is 0 Å². The van der Waals surface area contributed by atoms with Crippen LogP contribution in [0, 0.1) is 11.7 Å². The molecule has 1 heterocycles. The summed E-state index contributed by atoms with van der Waals surface area (Å²) in [6.07, 6.45) is 0. The highest BCUT2D eigenvalue weighted by Gasteiger charge is 2.14. The van der Waals surface area contributed by atoms with Gasteiger partial charge in [-0.1, -0.05) is 26.0 Å². The van der Waals surface area contributed by atoms with Gasteiger partial charge >= 0.3 is 0 Å². The number of benzene rings is 1. The van der Waals surface area contributed by atoms with Crippen molar-refractivity contribution in [1.29, 1.82) is 0 Å². The van der Waals surface area contributed by atoms with Crippen molar-refractivity contribution in [1.82, 2.24) is 10.3 Å². The maximum absolute atomic E-state index is 14.0. The standard InChI is InChI=1S/C18H23FN2O2/c1-12(2)18(11-22)20-10-17-15(19)7-8-16(21-17)13-5-4-6-14(9-13)23-3/h4-9,12,18,20,22H,10-11H2,1-3H3/t18-/m0/s1. The number of halogens is 1. The third-order valence-corrected chi connectivity index (χ3v) is 3.82. The summed E-state index contributed by atoms with van der Waals surface area (Å²) in [5.41, 5.74) is 1.89. The number of rotatable bonds is 7. The van der Waals surface area contributed by atoms with E-state index in [1.165, 1.54) is 6.07 Å². The van der Waals surface area contributed by atoms with Crippen LogP contribution in [0.5, 0.6) is 5.75 Å². The Bertz CT molecular complexity index is 647. The molecule has 23 heavy (non-hydrogen) atoms. The molecule has 2 N–H and O–H groups in total. The predicted molar refractivity (Wildman–Crippen MR) is 88.7 cm³/mol. The third-order valence-electron chi connectivity index (χ3n) is 3.82. The van der Waals surface area contributed by atoms with Crippen molar-refractivity contribution in [3.63, 3.8) is 0 Å². The Balaban J connectivity index is 2.21. The molecule has 2 rings (SSSR count). The first-order valence-corrected chi connectivity index (χ1v) is 7.69. The van der Waals surface area contributed by atoms with Crippen LogP contribution < -0.4 is 10.1 Å². The number of nitrogens with zero attached hydrogens (tertiary/aromatic N) is 1. The first-order valence-electron chi connectivity index (χ1n) is 7.69. The van der Waals surface area contributed by atoms with Gasteiger partial charge in [0, 0.05) is 18.2 Å². The SMILES string of the molecule is COc1cccc(-c2ccc(F)c(CN[C@@H](CO)C(C)C)n2)c1. The molecule has 0 unspecified atom stereocenters. The molecule has 0 fully saturated rings. The molecule has 124 valence electrons. The van der Waals surface area contributed by atoms with E-state index in [1.807, 2.05) is 38.1 Å². The quantitative estimate of drug-likeness (QED) is 0.824. The molecule has 1 aromatic carbocycles. The zero-order valence-electron chi connectivity index (χ0n) is 13.7. The Morgan fingerprint density at radius 1 is 1.26 bits per heavy atom. The van der Waals surface area contributed by atoms with E-state index >= 15 is 0 Å². The van der Waals surface area contributed by atoms with Crippen LogP contribution >= 0.6 is 0 Å². The molecular weight excluding hydrogens is 295 g/mol. The van der Waals surface area contributed by atoms with Crippen molar-refractivity contribution >= 4 is 0 Å². The van der Waals surface area contributed by atoms with Crippen molar-refractivity contribution in [2.45, 2.75) is 26.4 Å². The molecule has 0 saturated carbocycles. The van der Waals surface area contributed by atoms with Crippen molar-refractivity contribution in [2.75, 3.05) is 13.7 Å². The highest BCUT2D eigenvalue weighted by atomic mass is 19.1. The van der Waals surface area contributed by atoms with Crippen molar-refractivity contribution < 1.29 is 14.2 Å². The minimum atomic E-state index is -0.357. The van der Waals surface area contributed by atoms with E-state index in [2.05, 4.69) is 10.3 Å². The van der Waals surface area contributed by atoms with Gasteiger partial charge in [-0.2, -0.15) is 0 Å². The number of pyridine rings is 1. The number of aromatic nitrogens is 1. The second kappa shape index (κ2) is 8.04. The number of nitrogens with one attached hydrogen (secondary N) is 1. The molecule has 0 radical (unpaired) electrons. The fraction of sp³-hybridized carbons (Fsp3) is 0.389. The summed E-state index contributed by atoms with van der Waals surface area (Å²) in [6.45, 7) is 4.29. The van der Waals surface area contributed by atoms with E-state index in [4.69, 9.17) is 4.74 Å². The second-order valence-corrected chi connectivity index (χ2v) is 5.77. The zero-order valence-corrected chi connectivity index (χ0v) is 13.7. The van der Waals surface area contributed by atoms with Crippen LogP contribution in [0.4, 0.5) is 4.39 Å². The lowest BCUT2D eigenvalue weighted by molar-refractivity contribution is 0.209. The average Bonchev–Trinajstić information content (AvgIpc) is 2.56. The minimum absolute atomic E-state index is 0.00879. The highest BCUT2D eigenvalue weighted by molar-refractivity contribution is 5.61. The molecule has 5 heteroatoms. The lowest BCUT2D eigenvalue weighted by Gasteiger charge is -2.20. The fourth-order valence-corrected chi connectivity index (χ4v) is 2.29. The van der Waals surface area contributed by atoms with Gasteiger partial charge in [0.1, 0.15) is 11.6 Å². The van der Waals surface area contributed by atoms with E-state index in [0.29, 0.717) is 11.4 Å². The van der Waals surface area contributed by atoms with E-state index in [0.717, 1.165) is 11.3 Å². The van der Waals surface area contributed by atoms with Crippen LogP contribution in [-0.4, -0.2) is 29.8 Å². The first kappa shape index (κ1) is 17.4. The maximum atomic E-state index is 14.0. The molecule has 0 amide bonds. The Morgan fingerprint density at radius 2 is 2.04 bits per heavy atom. The van der Waals surface area contributed by atoms with E-state index in [1.54, 1.807) is 13.2 Å². The first-order chi connectivity index (χ1) is 11.0. The Kier molecular flexibility index (Phi) is 6.07. The molecule has 0 saturated heterocycles. The number of aliphatic hydroxyl groups excluding tert-OH is 1. The van der Waals surface area contributed by atoms with Gasteiger partial charge in [-0.25, -0.2) is 9.37 Å².